The molecule has 1 unspecified atom stereocenters. The largest absolute Gasteiger partial charge is 0.396 e. The van der Waals surface area contributed by atoms with E-state index in [1.165, 1.54) is 0 Å². The van der Waals surface area contributed by atoms with Crippen molar-refractivity contribution in [3.63, 3.8) is 0 Å². The summed E-state index contributed by atoms with van der Waals surface area (Å²) >= 11 is 0. The first kappa shape index (κ1) is 9.92. The lowest BCUT2D eigenvalue weighted by Crippen LogP contribution is -2.26. The Balaban J connectivity index is 3.78. The SMILES string of the molecule is CC(CCO)C(C)(C)CO. The molecule has 0 fully saturated rings. The van der Waals surface area contributed by atoms with Crippen LogP contribution in [0.25, 0.3) is 0 Å². The molecule has 0 aromatic carbocycles. The molecule has 0 aromatic rings. The fraction of sp³-hybridized carbons (Fsp3) is 1.00. The van der Waals surface area contributed by atoms with Crippen LogP contribution in [0, 0.1) is 11.3 Å². The van der Waals surface area contributed by atoms with Crippen LogP contribution in [0.3, 0.4) is 0 Å². The van der Waals surface area contributed by atoms with E-state index in [0.29, 0.717) is 5.92 Å². The molecule has 0 aromatic heterocycles. The van der Waals surface area contributed by atoms with Gasteiger partial charge in [0, 0.05) is 13.2 Å². The molecule has 0 aliphatic heterocycles. The molecule has 0 bridgehead atoms. The minimum Gasteiger partial charge on any atom is -0.396 e. The zero-order valence-corrected chi connectivity index (χ0v) is 7.09. The smallest absolute Gasteiger partial charge is 0.0484 e. The summed E-state index contributed by atoms with van der Waals surface area (Å²) in [6, 6.07) is 0. The highest BCUT2D eigenvalue weighted by Gasteiger charge is 2.23. The van der Waals surface area contributed by atoms with Crippen molar-refractivity contribution in [2.45, 2.75) is 27.2 Å². The standard InChI is InChI=1S/C8H18O2/c1-7(4-5-9)8(2,3)6-10/h7,9-10H,4-6H2,1-3H3. The summed E-state index contributed by atoms with van der Waals surface area (Å²) in [7, 11) is 0. The molecular formula is C8H18O2. The molecule has 1 atom stereocenters. The van der Waals surface area contributed by atoms with Crippen LogP contribution in [-0.4, -0.2) is 23.4 Å². The van der Waals surface area contributed by atoms with Gasteiger partial charge < -0.3 is 10.2 Å². The van der Waals surface area contributed by atoms with Crippen molar-refractivity contribution in [2.24, 2.45) is 11.3 Å². The summed E-state index contributed by atoms with van der Waals surface area (Å²) in [4.78, 5) is 0. The molecule has 0 saturated carbocycles. The fourth-order valence-corrected chi connectivity index (χ4v) is 0.740. The van der Waals surface area contributed by atoms with Crippen molar-refractivity contribution in [3.8, 4) is 0 Å². The molecule has 0 rings (SSSR count). The lowest BCUT2D eigenvalue weighted by molar-refractivity contribution is 0.0881. The molecule has 2 heteroatoms. The van der Waals surface area contributed by atoms with Gasteiger partial charge in [-0.2, -0.15) is 0 Å². The van der Waals surface area contributed by atoms with Crippen LogP contribution in [0.4, 0.5) is 0 Å². The molecule has 0 amide bonds. The molecule has 0 spiro atoms. The Morgan fingerprint density at radius 3 is 2.10 bits per heavy atom. The maximum Gasteiger partial charge on any atom is 0.0484 e. The Labute approximate surface area is 62.9 Å². The van der Waals surface area contributed by atoms with Gasteiger partial charge in [-0.1, -0.05) is 20.8 Å². The average Bonchev–Trinajstić information content (AvgIpc) is 1.89. The number of hydrogen-bond acceptors (Lipinski definition) is 2. The minimum absolute atomic E-state index is 0.0528. The highest BCUT2D eigenvalue weighted by molar-refractivity contribution is 4.73. The van der Waals surface area contributed by atoms with Crippen molar-refractivity contribution in [3.05, 3.63) is 0 Å². The second-order valence-electron chi connectivity index (χ2n) is 3.56. The third-order valence-corrected chi connectivity index (χ3v) is 2.30. The fourth-order valence-electron chi connectivity index (χ4n) is 0.740. The van der Waals surface area contributed by atoms with E-state index < -0.39 is 0 Å². The first-order valence-corrected chi connectivity index (χ1v) is 3.76. The van der Waals surface area contributed by atoms with Gasteiger partial charge >= 0.3 is 0 Å². The van der Waals surface area contributed by atoms with Gasteiger partial charge in [0.25, 0.3) is 0 Å². The van der Waals surface area contributed by atoms with Gasteiger partial charge in [0.1, 0.15) is 0 Å². The van der Waals surface area contributed by atoms with E-state index in [1.54, 1.807) is 0 Å². The van der Waals surface area contributed by atoms with Gasteiger partial charge in [-0.25, -0.2) is 0 Å². The van der Waals surface area contributed by atoms with Gasteiger partial charge in [-0.05, 0) is 17.8 Å². The van der Waals surface area contributed by atoms with E-state index in [0.717, 1.165) is 6.42 Å². The zero-order chi connectivity index (χ0) is 8.20. The summed E-state index contributed by atoms with van der Waals surface area (Å²) < 4.78 is 0. The molecule has 2 N–H and O–H groups in total. The van der Waals surface area contributed by atoms with Crippen molar-refractivity contribution in [1.29, 1.82) is 0 Å². The quantitative estimate of drug-likeness (QED) is 0.621. The third-order valence-electron chi connectivity index (χ3n) is 2.30. The van der Waals surface area contributed by atoms with Gasteiger partial charge in [0.05, 0.1) is 0 Å². The molecular weight excluding hydrogens is 128 g/mol. The first-order valence-electron chi connectivity index (χ1n) is 3.76. The van der Waals surface area contributed by atoms with Crippen LogP contribution in [-0.2, 0) is 0 Å². The highest BCUT2D eigenvalue weighted by atomic mass is 16.3. The third kappa shape index (κ3) is 2.67. The van der Waals surface area contributed by atoms with Gasteiger partial charge in [0.2, 0.25) is 0 Å². The van der Waals surface area contributed by atoms with Gasteiger partial charge in [-0.3, -0.25) is 0 Å². The van der Waals surface area contributed by atoms with Crippen molar-refractivity contribution in [2.75, 3.05) is 13.2 Å². The number of aliphatic hydroxyl groups is 2. The molecule has 0 heterocycles. The summed E-state index contributed by atoms with van der Waals surface area (Å²) in [5.74, 6) is 0.377. The van der Waals surface area contributed by atoms with Crippen LogP contribution < -0.4 is 0 Å². The topological polar surface area (TPSA) is 40.5 Å². The monoisotopic (exact) mass is 146 g/mol. The average molecular weight is 146 g/mol. The van der Waals surface area contributed by atoms with Crippen LogP contribution in [0.15, 0.2) is 0 Å². The summed E-state index contributed by atoms with van der Waals surface area (Å²) in [5, 5.41) is 17.5. The van der Waals surface area contributed by atoms with Crippen molar-refractivity contribution < 1.29 is 10.2 Å². The van der Waals surface area contributed by atoms with Crippen LogP contribution in [0.2, 0.25) is 0 Å². The normalized spacial score (nSPS) is 15.3. The Kier molecular flexibility index (Phi) is 3.91. The second kappa shape index (κ2) is 3.94. The Morgan fingerprint density at radius 1 is 1.30 bits per heavy atom. The minimum atomic E-state index is -0.0528. The zero-order valence-electron chi connectivity index (χ0n) is 7.09. The maximum atomic E-state index is 8.91. The van der Waals surface area contributed by atoms with E-state index in [4.69, 9.17) is 10.2 Å². The van der Waals surface area contributed by atoms with Crippen LogP contribution in [0.1, 0.15) is 27.2 Å². The van der Waals surface area contributed by atoms with E-state index in [2.05, 4.69) is 0 Å². The van der Waals surface area contributed by atoms with E-state index in [9.17, 15) is 0 Å². The highest BCUT2D eigenvalue weighted by Crippen LogP contribution is 2.27. The Hall–Kier alpha value is -0.0800. The summed E-state index contributed by atoms with van der Waals surface area (Å²) in [6.07, 6.45) is 0.771. The molecule has 0 radical (unpaired) electrons. The van der Waals surface area contributed by atoms with Gasteiger partial charge in [0.15, 0.2) is 0 Å². The summed E-state index contributed by atoms with van der Waals surface area (Å²) in [5.41, 5.74) is -0.0528. The molecule has 62 valence electrons. The lowest BCUT2D eigenvalue weighted by atomic mass is 9.79. The van der Waals surface area contributed by atoms with Gasteiger partial charge in [-0.15, -0.1) is 0 Å². The molecule has 0 aliphatic rings. The van der Waals surface area contributed by atoms with Crippen LogP contribution in [0.5, 0.6) is 0 Å². The lowest BCUT2D eigenvalue weighted by Gasteiger charge is -2.28. The Bertz CT molecular complexity index is 89.3. The van der Waals surface area contributed by atoms with E-state index >= 15 is 0 Å². The predicted octanol–water partition coefficient (Wildman–Crippen LogP) is 1.02. The molecule has 10 heavy (non-hydrogen) atoms. The van der Waals surface area contributed by atoms with E-state index in [-0.39, 0.29) is 18.6 Å². The molecule has 0 aliphatic carbocycles. The first-order chi connectivity index (χ1) is 4.54. The van der Waals surface area contributed by atoms with E-state index in [1.807, 2.05) is 20.8 Å². The number of aliphatic hydroxyl groups excluding tert-OH is 2. The van der Waals surface area contributed by atoms with Crippen molar-refractivity contribution >= 4 is 0 Å². The van der Waals surface area contributed by atoms with Crippen molar-refractivity contribution in [1.82, 2.24) is 0 Å². The Morgan fingerprint density at radius 2 is 1.80 bits per heavy atom. The molecule has 2 nitrogen and oxygen atoms in total. The maximum absolute atomic E-state index is 8.91. The summed E-state index contributed by atoms with van der Waals surface area (Å²) in [6.45, 7) is 6.46. The second-order valence-corrected chi connectivity index (χ2v) is 3.56. The number of rotatable bonds is 4. The number of hydrogen-bond donors (Lipinski definition) is 2. The molecule has 0 saturated heterocycles. The predicted molar refractivity (Wildman–Crippen MR) is 41.7 cm³/mol. The van der Waals surface area contributed by atoms with Crippen LogP contribution >= 0.6 is 0 Å².